The number of carbonyl (C=O) groups is 1. The Morgan fingerprint density at radius 2 is 1.95 bits per heavy atom. The van der Waals surface area contributed by atoms with E-state index >= 15 is 0 Å². The fraction of sp³-hybridized carbons (Fsp3) is 0.125. The van der Waals surface area contributed by atoms with Crippen LogP contribution in [0.15, 0.2) is 36.4 Å². The molecule has 0 atom stereocenters. The Morgan fingerprint density at radius 1 is 1.20 bits per heavy atom. The Labute approximate surface area is 122 Å². The number of hydrogen-bond acceptors (Lipinski definition) is 2. The molecule has 0 saturated carbocycles. The molecule has 2 aromatic carbocycles. The van der Waals surface area contributed by atoms with Crippen molar-refractivity contribution in [2.45, 2.75) is 13.8 Å². The zero-order valence-electron chi connectivity index (χ0n) is 11.2. The van der Waals surface area contributed by atoms with Gasteiger partial charge in [0.1, 0.15) is 6.07 Å². The van der Waals surface area contributed by atoms with E-state index in [1.807, 2.05) is 19.9 Å². The predicted octanol–water partition coefficient (Wildman–Crippen LogP) is 4.08. The highest BCUT2D eigenvalue weighted by atomic mass is 35.5. The molecule has 4 heteroatoms. The van der Waals surface area contributed by atoms with Crippen LogP contribution in [-0.2, 0) is 0 Å². The molecular weight excluding hydrogens is 272 g/mol. The van der Waals surface area contributed by atoms with Gasteiger partial charge in [-0.25, -0.2) is 0 Å². The van der Waals surface area contributed by atoms with Gasteiger partial charge in [-0.05, 0) is 43.2 Å². The molecule has 20 heavy (non-hydrogen) atoms. The van der Waals surface area contributed by atoms with Crippen LogP contribution < -0.4 is 5.32 Å². The minimum absolute atomic E-state index is 0.271. The fourth-order valence-electron chi connectivity index (χ4n) is 1.95. The number of anilines is 1. The van der Waals surface area contributed by atoms with E-state index in [4.69, 9.17) is 16.9 Å². The standard InChI is InChI=1S/C16H13ClN2O/c1-10-4-3-5-15(14(10)9-18)19-16(20)13-8-12(17)7-6-11(13)2/h3-8H,1-2H3,(H,19,20). The van der Waals surface area contributed by atoms with E-state index in [1.54, 1.807) is 30.3 Å². The summed E-state index contributed by atoms with van der Waals surface area (Å²) in [5, 5.41) is 12.4. The SMILES string of the molecule is Cc1ccc(Cl)cc1C(=O)Nc1cccc(C)c1C#N. The third-order valence-electron chi connectivity index (χ3n) is 3.08. The summed E-state index contributed by atoms with van der Waals surface area (Å²) in [5.74, 6) is -0.271. The van der Waals surface area contributed by atoms with Gasteiger partial charge in [-0.15, -0.1) is 0 Å². The molecule has 100 valence electrons. The molecule has 0 saturated heterocycles. The van der Waals surface area contributed by atoms with E-state index in [0.29, 0.717) is 21.8 Å². The van der Waals surface area contributed by atoms with Gasteiger partial charge in [-0.3, -0.25) is 4.79 Å². The van der Waals surface area contributed by atoms with Crippen molar-refractivity contribution >= 4 is 23.2 Å². The predicted molar refractivity (Wildman–Crippen MR) is 80.0 cm³/mol. The van der Waals surface area contributed by atoms with Crippen molar-refractivity contribution in [2.75, 3.05) is 5.32 Å². The summed E-state index contributed by atoms with van der Waals surface area (Å²) in [6, 6.07) is 12.6. The summed E-state index contributed by atoms with van der Waals surface area (Å²) in [6.45, 7) is 3.67. The summed E-state index contributed by atoms with van der Waals surface area (Å²) in [5.41, 5.74) is 3.14. The minimum Gasteiger partial charge on any atom is -0.321 e. The number of nitriles is 1. The second-order valence-electron chi connectivity index (χ2n) is 4.52. The molecule has 1 N–H and O–H groups in total. The number of amides is 1. The maximum absolute atomic E-state index is 12.3. The third kappa shape index (κ3) is 2.81. The number of carbonyl (C=O) groups excluding carboxylic acids is 1. The van der Waals surface area contributed by atoms with Gasteiger partial charge >= 0.3 is 0 Å². The van der Waals surface area contributed by atoms with E-state index < -0.39 is 0 Å². The van der Waals surface area contributed by atoms with Crippen molar-refractivity contribution in [1.82, 2.24) is 0 Å². The lowest BCUT2D eigenvalue weighted by molar-refractivity contribution is 0.102. The Morgan fingerprint density at radius 3 is 2.65 bits per heavy atom. The topological polar surface area (TPSA) is 52.9 Å². The Bertz CT molecular complexity index is 717. The van der Waals surface area contributed by atoms with Gasteiger partial charge < -0.3 is 5.32 Å². The van der Waals surface area contributed by atoms with Crippen molar-refractivity contribution in [3.8, 4) is 6.07 Å². The molecule has 0 radical (unpaired) electrons. The molecule has 0 spiro atoms. The minimum atomic E-state index is -0.271. The van der Waals surface area contributed by atoms with Gasteiger partial charge in [0.2, 0.25) is 0 Å². The lowest BCUT2D eigenvalue weighted by atomic mass is 10.1. The molecule has 0 aromatic heterocycles. The van der Waals surface area contributed by atoms with E-state index in [2.05, 4.69) is 11.4 Å². The first kappa shape index (κ1) is 14.1. The maximum atomic E-state index is 12.3. The van der Waals surface area contributed by atoms with Crippen LogP contribution in [-0.4, -0.2) is 5.91 Å². The number of nitrogens with one attached hydrogen (secondary N) is 1. The van der Waals surface area contributed by atoms with E-state index in [0.717, 1.165) is 11.1 Å². The molecule has 2 aromatic rings. The highest BCUT2D eigenvalue weighted by Crippen LogP contribution is 2.21. The normalized spacial score (nSPS) is 9.90. The van der Waals surface area contributed by atoms with Crippen LogP contribution in [0.25, 0.3) is 0 Å². The molecule has 0 aliphatic heterocycles. The highest BCUT2D eigenvalue weighted by molar-refractivity contribution is 6.31. The quantitative estimate of drug-likeness (QED) is 0.903. The van der Waals surface area contributed by atoms with Crippen molar-refractivity contribution < 1.29 is 4.79 Å². The number of rotatable bonds is 2. The van der Waals surface area contributed by atoms with Crippen molar-refractivity contribution in [3.63, 3.8) is 0 Å². The highest BCUT2D eigenvalue weighted by Gasteiger charge is 2.12. The van der Waals surface area contributed by atoms with Crippen LogP contribution in [0.3, 0.4) is 0 Å². The summed E-state index contributed by atoms with van der Waals surface area (Å²) in [7, 11) is 0. The zero-order chi connectivity index (χ0) is 14.7. The number of halogens is 1. The molecule has 0 heterocycles. The van der Waals surface area contributed by atoms with Crippen LogP contribution in [0, 0.1) is 25.2 Å². The molecule has 0 aliphatic carbocycles. The van der Waals surface area contributed by atoms with Crippen molar-refractivity contribution in [2.24, 2.45) is 0 Å². The van der Waals surface area contributed by atoms with Gasteiger partial charge in [0, 0.05) is 10.6 Å². The smallest absolute Gasteiger partial charge is 0.256 e. The summed E-state index contributed by atoms with van der Waals surface area (Å²) in [4.78, 5) is 12.3. The van der Waals surface area contributed by atoms with E-state index in [-0.39, 0.29) is 5.91 Å². The maximum Gasteiger partial charge on any atom is 0.256 e. The van der Waals surface area contributed by atoms with Crippen molar-refractivity contribution in [3.05, 3.63) is 63.7 Å². The average molecular weight is 285 g/mol. The summed E-state index contributed by atoms with van der Waals surface area (Å²) in [6.07, 6.45) is 0. The molecule has 0 fully saturated rings. The third-order valence-corrected chi connectivity index (χ3v) is 3.31. The van der Waals surface area contributed by atoms with Gasteiger partial charge in [-0.2, -0.15) is 5.26 Å². The first-order valence-electron chi connectivity index (χ1n) is 6.10. The summed E-state index contributed by atoms with van der Waals surface area (Å²) < 4.78 is 0. The zero-order valence-corrected chi connectivity index (χ0v) is 12.0. The van der Waals surface area contributed by atoms with Gasteiger partial charge in [0.05, 0.1) is 11.3 Å². The average Bonchev–Trinajstić information content (AvgIpc) is 2.41. The van der Waals surface area contributed by atoms with Gasteiger partial charge in [0.15, 0.2) is 0 Å². The van der Waals surface area contributed by atoms with E-state index in [9.17, 15) is 4.79 Å². The van der Waals surface area contributed by atoms with E-state index in [1.165, 1.54) is 0 Å². The lowest BCUT2D eigenvalue weighted by Crippen LogP contribution is -2.14. The van der Waals surface area contributed by atoms with Crippen LogP contribution in [0.4, 0.5) is 5.69 Å². The molecule has 1 amide bonds. The Kier molecular flexibility index (Phi) is 4.07. The first-order valence-corrected chi connectivity index (χ1v) is 6.48. The molecule has 0 unspecified atom stereocenters. The molecule has 3 nitrogen and oxygen atoms in total. The van der Waals surface area contributed by atoms with Gasteiger partial charge in [-0.1, -0.05) is 29.8 Å². The first-order chi connectivity index (χ1) is 9.52. The van der Waals surface area contributed by atoms with Crippen LogP contribution in [0.2, 0.25) is 5.02 Å². The Balaban J connectivity index is 2.36. The largest absolute Gasteiger partial charge is 0.321 e. The molecular formula is C16H13ClN2O. The van der Waals surface area contributed by atoms with Crippen LogP contribution >= 0.6 is 11.6 Å². The number of aryl methyl sites for hydroxylation is 2. The van der Waals surface area contributed by atoms with Crippen LogP contribution in [0.5, 0.6) is 0 Å². The number of hydrogen-bond donors (Lipinski definition) is 1. The molecule has 0 aliphatic rings. The molecule has 0 bridgehead atoms. The van der Waals surface area contributed by atoms with Gasteiger partial charge in [0.25, 0.3) is 5.91 Å². The Hall–Kier alpha value is -2.31. The summed E-state index contributed by atoms with van der Waals surface area (Å²) >= 11 is 5.92. The van der Waals surface area contributed by atoms with Crippen LogP contribution in [0.1, 0.15) is 27.0 Å². The van der Waals surface area contributed by atoms with Crippen molar-refractivity contribution in [1.29, 1.82) is 5.26 Å². The number of nitrogens with zero attached hydrogens (tertiary/aromatic N) is 1. The second kappa shape index (κ2) is 5.77. The second-order valence-corrected chi connectivity index (χ2v) is 4.96. The lowest BCUT2D eigenvalue weighted by Gasteiger charge is -2.10. The monoisotopic (exact) mass is 284 g/mol. The molecule has 2 rings (SSSR count). The number of benzene rings is 2. The fourth-order valence-corrected chi connectivity index (χ4v) is 2.12.